The first kappa shape index (κ1) is 13.9. The Kier molecular flexibility index (Phi) is 4.60. The molecular formula is C14H19N5O. The van der Waals surface area contributed by atoms with Crippen molar-refractivity contribution in [3.63, 3.8) is 0 Å². The molecule has 0 saturated carbocycles. The molecular weight excluding hydrogens is 254 g/mol. The van der Waals surface area contributed by atoms with Crippen molar-refractivity contribution in [1.82, 2.24) is 15.5 Å². The van der Waals surface area contributed by atoms with Gasteiger partial charge in [0.25, 0.3) is 0 Å². The minimum Gasteiger partial charge on any atom is -0.399 e. The van der Waals surface area contributed by atoms with Crippen LogP contribution in [0.15, 0.2) is 30.5 Å². The third-order valence-electron chi connectivity index (χ3n) is 2.99. The van der Waals surface area contributed by atoms with Gasteiger partial charge in [-0.15, -0.1) is 0 Å². The summed E-state index contributed by atoms with van der Waals surface area (Å²) in [4.78, 5) is 11.7. The third kappa shape index (κ3) is 4.01. The maximum atomic E-state index is 11.7. The number of carbonyl (C=O) groups excluding carboxylic acids is 1. The number of nitrogen functional groups attached to an aromatic ring is 1. The van der Waals surface area contributed by atoms with Crippen LogP contribution in [0, 0.1) is 6.92 Å². The molecule has 20 heavy (non-hydrogen) atoms. The number of hydrogen-bond donors (Lipinski definition) is 4. The second-order valence-electron chi connectivity index (χ2n) is 4.63. The topological polar surface area (TPSA) is 95.8 Å². The van der Waals surface area contributed by atoms with Crippen LogP contribution < -0.4 is 16.4 Å². The van der Waals surface area contributed by atoms with Gasteiger partial charge in [-0.1, -0.05) is 6.07 Å². The molecule has 0 aliphatic carbocycles. The highest BCUT2D eigenvalue weighted by Gasteiger charge is 2.03. The van der Waals surface area contributed by atoms with Gasteiger partial charge in [0.2, 0.25) is 0 Å². The van der Waals surface area contributed by atoms with Crippen molar-refractivity contribution in [3.05, 3.63) is 41.7 Å². The molecule has 1 aromatic carbocycles. The number of rotatable bonds is 5. The SMILES string of the molecule is Cc1[nH]ncc1CCCNC(=O)Nc1cccc(N)c1. The van der Waals surface area contributed by atoms with Crippen molar-refractivity contribution < 1.29 is 4.79 Å². The van der Waals surface area contributed by atoms with E-state index in [1.165, 1.54) is 5.56 Å². The van der Waals surface area contributed by atoms with Crippen molar-refractivity contribution in [3.8, 4) is 0 Å². The maximum absolute atomic E-state index is 11.7. The summed E-state index contributed by atoms with van der Waals surface area (Å²) in [5, 5.41) is 12.4. The smallest absolute Gasteiger partial charge is 0.319 e. The Morgan fingerprint density at radius 3 is 3.00 bits per heavy atom. The molecule has 5 N–H and O–H groups in total. The molecule has 2 rings (SSSR count). The average Bonchev–Trinajstić information content (AvgIpc) is 2.80. The average molecular weight is 273 g/mol. The zero-order chi connectivity index (χ0) is 14.4. The molecule has 106 valence electrons. The van der Waals surface area contributed by atoms with Crippen molar-refractivity contribution in [1.29, 1.82) is 0 Å². The van der Waals surface area contributed by atoms with E-state index < -0.39 is 0 Å². The summed E-state index contributed by atoms with van der Waals surface area (Å²) in [6, 6.07) is 6.86. The molecule has 0 aliphatic heterocycles. The van der Waals surface area contributed by atoms with E-state index in [4.69, 9.17) is 5.73 Å². The summed E-state index contributed by atoms with van der Waals surface area (Å²) in [7, 11) is 0. The van der Waals surface area contributed by atoms with Crippen molar-refractivity contribution in [2.45, 2.75) is 19.8 Å². The number of benzene rings is 1. The van der Waals surface area contributed by atoms with Gasteiger partial charge < -0.3 is 16.4 Å². The zero-order valence-electron chi connectivity index (χ0n) is 11.4. The lowest BCUT2D eigenvalue weighted by atomic mass is 10.1. The van der Waals surface area contributed by atoms with Crippen molar-refractivity contribution in [2.24, 2.45) is 0 Å². The van der Waals surface area contributed by atoms with E-state index in [2.05, 4.69) is 20.8 Å². The lowest BCUT2D eigenvalue weighted by Crippen LogP contribution is -2.29. The fourth-order valence-electron chi connectivity index (χ4n) is 1.90. The van der Waals surface area contributed by atoms with E-state index in [0.29, 0.717) is 17.9 Å². The molecule has 6 heteroatoms. The highest BCUT2D eigenvalue weighted by molar-refractivity contribution is 5.89. The number of hydrogen-bond acceptors (Lipinski definition) is 3. The minimum absolute atomic E-state index is 0.223. The molecule has 1 aromatic heterocycles. The van der Waals surface area contributed by atoms with Crippen LogP contribution in [-0.4, -0.2) is 22.8 Å². The van der Waals surface area contributed by atoms with Crippen molar-refractivity contribution >= 4 is 17.4 Å². The van der Waals surface area contributed by atoms with E-state index in [9.17, 15) is 4.79 Å². The normalized spacial score (nSPS) is 10.2. The first-order valence-corrected chi connectivity index (χ1v) is 6.54. The van der Waals surface area contributed by atoms with Gasteiger partial charge in [-0.2, -0.15) is 5.10 Å². The second-order valence-corrected chi connectivity index (χ2v) is 4.63. The van der Waals surface area contributed by atoms with Gasteiger partial charge in [0.15, 0.2) is 0 Å². The predicted octanol–water partition coefficient (Wildman–Crippen LogP) is 2.05. The summed E-state index contributed by atoms with van der Waals surface area (Å²) in [5.41, 5.74) is 9.22. The van der Waals surface area contributed by atoms with Crippen LogP contribution in [0.2, 0.25) is 0 Å². The number of nitrogens with zero attached hydrogens (tertiary/aromatic N) is 1. The van der Waals surface area contributed by atoms with Gasteiger partial charge in [0.1, 0.15) is 0 Å². The van der Waals surface area contributed by atoms with Crippen LogP contribution in [-0.2, 0) is 6.42 Å². The van der Waals surface area contributed by atoms with Crippen LogP contribution in [0.25, 0.3) is 0 Å². The summed E-state index contributed by atoms with van der Waals surface area (Å²) in [6.07, 6.45) is 3.58. The van der Waals surface area contributed by atoms with Gasteiger partial charge in [-0.3, -0.25) is 5.10 Å². The highest BCUT2D eigenvalue weighted by Crippen LogP contribution is 2.11. The Bertz CT molecular complexity index is 578. The number of carbonyl (C=O) groups is 1. The third-order valence-corrected chi connectivity index (χ3v) is 2.99. The number of aromatic nitrogens is 2. The molecule has 2 aromatic rings. The number of urea groups is 1. The number of aryl methyl sites for hydroxylation is 2. The molecule has 0 spiro atoms. The lowest BCUT2D eigenvalue weighted by Gasteiger charge is -2.08. The number of anilines is 2. The molecule has 0 unspecified atom stereocenters. The summed E-state index contributed by atoms with van der Waals surface area (Å²) in [5.74, 6) is 0. The maximum Gasteiger partial charge on any atom is 0.319 e. The Morgan fingerprint density at radius 1 is 1.45 bits per heavy atom. The standard InChI is InChI=1S/C14H19N5O/c1-10-11(9-17-19-10)4-3-7-16-14(20)18-13-6-2-5-12(15)8-13/h2,5-6,8-9H,3-4,7,15H2,1H3,(H,17,19)(H2,16,18,20). The quantitative estimate of drug-likeness (QED) is 0.496. The zero-order valence-corrected chi connectivity index (χ0v) is 11.4. The number of aromatic amines is 1. The van der Waals surface area contributed by atoms with Crippen LogP contribution in [0.5, 0.6) is 0 Å². The van der Waals surface area contributed by atoms with Crippen LogP contribution in [0.1, 0.15) is 17.7 Å². The number of amides is 2. The van der Waals surface area contributed by atoms with E-state index in [1.54, 1.807) is 24.3 Å². The van der Waals surface area contributed by atoms with Crippen LogP contribution in [0.3, 0.4) is 0 Å². The van der Waals surface area contributed by atoms with E-state index >= 15 is 0 Å². The monoisotopic (exact) mass is 273 g/mol. The van der Waals surface area contributed by atoms with Gasteiger partial charge >= 0.3 is 6.03 Å². The van der Waals surface area contributed by atoms with Crippen LogP contribution in [0.4, 0.5) is 16.2 Å². The largest absolute Gasteiger partial charge is 0.399 e. The first-order chi connectivity index (χ1) is 9.65. The number of nitrogens with two attached hydrogens (primary N) is 1. The molecule has 0 bridgehead atoms. The van der Waals surface area contributed by atoms with Gasteiger partial charge in [-0.25, -0.2) is 4.79 Å². The van der Waals surface area contributed by atoms with E-state index in [1.807, 2.05) is 13.1 Å². The number of nitrogens with one attached hydrogen (secondary N) is 3. The Hall–Kier alpha value is -2.50. The summed E-state index contributed by atoms with van der Waals surface area (Å²) >= 11 is 0. The minimum atomic E-state index is -0.223. The number of H-pyrrole nitrogens is 1. The molecule has 1 heterocycles. The van der Waals surface area contributed by atoms with Crippen molar-refractivity contribution in [2.75, 3.05) is 17.6 Å². The van der Waals surface area contributed by atoms with Crippen LogP contribution >= 0.6 is 0 Å². The highest BCUT2D eigenvalue weighted by atomic mass is 16.2. The molecule has 0 saturated heterocycles. The first-order valence-electron chi connectivity index (χ1n) is 6.54. The fourth-order valence-corrected chi connectivity index (χ4v) is 1.90. The molecule has 6 nitrogen and oxygen atoms in total. The summed E-state index contributed by atoms with van der Waals surface area (Å²) in [6.45, 7) is 2.60. The molecule has 0 radical (unpaired) electrons. The summed E-state index contributed by atoms with van der Waals surface area (Å²) < 4.78 is 0. The predicted molar refractivity (Wildman–Crippen MR) is 79.5 cm³/mol. The van der Waals surface area contributed by atoms with Gasteiger partial charge in [-0.05, 0) is 43.5 Å². The second kappa shape index (κ2) is 6.60. The molecule has 0 aliphatic rings. The fraction of sp³-hybridized carbons (Fsp3) is 0.286. The Labute approximate surface area is 117 Å². The van der Waals surface area contributed by atoms with Gasteiger partial charge in [0, 0.05) is 23.6 Å². The van der Waals surface area contributed by atoms with E-state index in [-0.39, 0.29) is 6.03 Å². The molecule has 0 atom stereocenters. The molecule has 0 fully saturated rings. The lowest BCUT2D eigenvalue weighted by molar-refractivity contribution is 0.252. The Balaban J connectivity index is 1.69. The van der Waals surface area contributed by atoms with E-state index in [0.717, 1.165) is 18.5 Å². The van der Waals surface area contributed by atoms with Gasteiger partial charge in [0.05, 0.1) is 6.20 Å². The molecule has 2 amide bonds. The Morgan fingerprint density at radius 2 is 2.30 bits per heavy atom.